The van der Waals surface area contributed by atoms with Crippen molar-refractivity contribution in [2.75, 3.05) is 5.32 Å². The number of phenols is 1. The first kappa shape index (κ1) is 12.9. The Labute approximate surface area is 121 Å². The summed E-state index contributed by atoms with van der Waals surface area (Å²) in [6.07, 6.45) is 0. The average Bonchev–Trinajstić information content (AvgIpc) is 2.64. The van der Waals surface area contributed by atoms with Crippen LogP contribution in [0.3, 0.4) is 0 Å². The first-order valence-corrected chi connectivity index (χ1v) is 7.16. The van der Waals surface area contributed by atoms with Gasteiger partial charge < -0.3 is 10.4 Å². The molecule has 102 valence electrons. The highest BCUT2D eigenvalue weighted by Gasteiger charge is 2.13. The molecule has 0 aliphatic heterocycles. The molecule has 3 aromatic rings. The summed E-state index contributed by atoms with van der Waals surface area (Å²) < 4.78 is 0. The van der Waals surface area contributed by atoms with Gasteiger partial charge in [-0.25, -0.2) is 9.97 Å². The number of rotatable bonds is 2. The van der Waals surface area contributed by atoms with Crippen molar-refractivity contribution in [3.63, 3.8) is 0 Å². The van der Waals surface area contributed by atoms with Crippen molar-refractivity contribution in [3.8, 4) is 5.75 Å². The Bertz CT molecular complexity index is 795. The van der Waals surface area contributed by atoms with Gasteiger partial charge in [0.2, 0.25) is 0 Å². The number of hydrogen-bond donors (Lipinski definition) is 2. The van der Waals surface area contributed by atoms with E-state index in [1.807, 2.05) is 13.0 Å². The van der Waals surface area contributed by atoms with Gasteiger partial charge in [-0.2, -0.15) is 0 Å². The summed E-state index contributed by atoms with van der Waals surface area (Å²) in [4.78, 5) is 11.2. The zero-order valence-corrected chi connectivity index (χ0v) is 12.4. The number of hydrogen-bond acceptors (Lipinski definition) is 5. The summed E-state index contributed by atoms with van der Waals surface area (Å²) in [5.74, 6) is 1.76. The maximum absolute atomic E-state index is 9.55. The van der Waals surface area contributed by atoms with Crippen LogP contribution >= 0.6 is 11.3 Å². The number of thiophene rings is 1. The molecule has 0 atom stereocenters. The molecule has 2 aromatic heterocycles. The lowest BCUT2D eigenvalue weighted by Crippen LogP contribution is -1.98. The summed E-state index contributed by atoms with van der Waals surface area (Å²) in [6.45, 7) is 6.06. The molecule has 1 aromatic carbocycles. The van der Waals surface area contributed by atoms with Crippen LogP contribution in [-0.4, -0.2) is 15.1 Å². The predicted molar refractivity (Wildman–Crippen MR) is 83.0 cm³/mol. The molecular weight excluding hydrogens is 270 g/mol. The van der Waals surface area contributed by atoms with Crippen molar-refractivity contribution in [2.45, 2.75) is 20.8 Å². The third-order valence-corrected chi connectivity index (χ3v) is 4.35. The SMILES string of the molecule is Cc1nc(Nc2cccc(O)c2)c2c(C)c(C)sc2n1. The van der Waals surface area contributed by atoms with Crippen molar-refractivity contribution in [1.82, 2.24) is 9.97 Å². The molecule has 5 heteroatoms. The molecule has 20 heavy (non-hydrogen) atoms. The molecule has 0 bridgehead atoms. The van der Waals surface area contributed by atoms with Crippen LogP contribution in [0.25, 0.3) is 10.2 Å². The lowest BCUT2D eigenvalue weighted by molar-refractivity contribution is 0.475. The smallest absolute Gasteiger partial charge is 0.143 e. The number of aromatic hydroxyl groups is 1. The van der Waals surface area contributed by atoms with E-state index in [1.165, 1.54) is 10.4 Å². The molecular formula is C15H15N3OS. The van der Waals surface area contributed by atoms with Gasteiger partial charge >= 0.3 is 0 Å². The van der Waals surface area contributed by atoms with Crippen LogP contribution in [-0.2, 0) is 0 Å². The number of anilines is 2. The Morgan fingerprint density at radius 1 is 1.15 bits per heavy atom. The Balaban J connectivity index is 2.15. The zero-order chi connectivity index (χ0) is 14.3. The van der Waals surface area contributed by atoms with Crippen LogP contribution in [0.1, 0.15) is 16.3 Å². The molecule has 0 fully saturated rings. The van der Waals surface area contributed by atoms with Crippen LogP contribution in [0, 0.1) is 20.8 Å². The highest BCUT2D eigenvalue weighted by Crippen LogP contribution is 2.34. The van der Waals surface area contributed by atoms with E-state index in [0.717, 1.165) is 27.5 Å². The summed E-state index contributed by atoms with van der Waals surface area (Å²) >= 11 is 1.68. The van der Waals surface area contributed by atoms with Gasteiger partial charge in [0.25, 0.3) is 0 Å². The molecule has 0 aliphatic rings. The Hall–Kier alpha value is -2.14. The monoisotopic (exact) mass is 285 g/mol. The molecule has 0 spiro atoms. The maximum Gasteiger partial charge on any atom is 0.143 e. The van der Waals surface area contributed by atoms with Crippen molar-refractivity contribution < 1.29 is 5.11 Å². The fraction of sp³-hybridized carbons (Fsp3) is 0.200. The second kappa shape index (κ2) is 4.76. The van der Waals surface area contributed by atoms with E-state index in [-0.39, 0.29) is 5.75 Å². The maximum atomic E-state index is 9.55. The Morgan fingerprint density at radius 2 is 1.95 bits per heavy atom. The van der Waals surface area contributed by atoms with E-state index >= 15 is 0 Å². The number of aromatic nitrogens is 2. The quantitative estimate of drug-likeness (QED) is 0.745. The van der Waals surface area contributed by atoms with E-state index in [1.54, 1.807) is 29.5 Å². The Kier molecular flexibility index (Phi) is 3.06. The van der Waals surface area contributed by atoms with Crippen LogP contribution in [0.5, 0.6) is 5.75 Å². The number of nitrogens with one attached hydrogen (secondary N) is 1. The largest absolute Gasteiger partial charge is 0.508 e. The normalized spacial score (nSPS) is 10.9. The van der Waals surface area contributed by atoms with E-state index in [4.69, 9.17) is 0 Å². The van der Waals surface area contributed by atoms with Crippen molar-refractivity contribution in [2.24, 2.45) is 0 Å². The molecule has 0 radical (unpaired) electrons. The molecule has 4 nitrogen and oxygen atoms in total. The van der Waals surface area contributed by atoms with Gasteiger partial charge in [0.15, 0.2) is 0 Å². The standard InChI is InChI=1S/C15H15N3OS/c1-8-9(2)20-15-13(8)14(16-10(3)17-15)18-11-5-4-6-12(19)7-11/h4-7,19H,1-3H3,(H,16,17,18). The van der Waals surface area contributed by atoms with Gasteiger partial charge in [0.1, 0.15) is 22.2 Å². The van der Waals surface area contributed by atoms with Gasteiger partial charge in [-0.1, -0.05) is 6.07 Å². The minimum Gasteiger partial charge on any atom is -0.508 e. The molecule has 0 amide bonds. The third-order valence-electron chi connectivity index (χ3n) is 3.25. The minimum atomic E-state index is 0.232. The molecule has 0 saturated carbocycles. The molecule has 2 N–H and O–H groups in total. The van der Waals surface area contributed by atoms with E-state index in [2.05, 4.69) is 29.1 Å². The second-order valence-electron chi connectivity index (χ2n) is 4.76. The molecule has 0 saturated heterocycles. The second-order valence-corrected chi connectivity index (χ2v) is 5.96. The van der Waals surface area contributed by atoms with Crippen molar-refractivity contribution in [3.05, 3.63) is 40.5 Å². The van der Waals surface area contributed by atoms with Gasteiger partial charge in [-0.3, -0.25) is 0 Å². The van der Waals surface area contributed by atoms with Crippen LogP contribution < -0.4 is 5.32 Å². The van der Waals surface area contributed by atoms with Crippen molar-refractivity contribution in [1.29, 1.82) is 0 Å². The number of nitrogens with zero attached hydrogens (tertiary/aromatic N) is 2. The fourth-order valence-electron chi connectivity index (χ4n) is 2.17. The van der Waals surface area contributed by atoms with E-state index in [9.17, 15) is 5.11 Å². The van der Waals surface area contributed by atoms with E-state index in [0.29, 0.717) is 0 Å². The van der Waals surface area contributed by atoms with Gasteiger partial charge in [-0.15, -0.1) is 11.3 Å². The van der Waals surface area contributed by atoms with Crippen LogP contribution in [0.15, 0.2) is 24.3 Å². The average molecular weight is 285 g/mol. The number of aryl methyl sites for hydroxylation is 3. The number of fused-ring (bicyclic) bond motifs is 1. The van der Waals surface area contributed by atoms with Gasteiger partial charge in [-0.05, 0) is 38.5 Å². The zero-order valence-electron chi connectivity index (χ0n) is 11.6. The third kappa shape index (κ3) is 2.20. The fourth-order valence-corrected chi connectivity index (χ4v) is 3.24. The molecule has 0 unspecified atom stereocenters. The Morgan fingerprint density at radius 3 is 2.70 bits per heavy atom. The summed E-state index contributed by atoms with van der Waals surface area (Å²) in [5, 5.41) is 13.9. The molecule has 2 heterocycles. The van der Waals surface area contributed by atoms with E-state index < -0.39 is 0 Å². The first-order valence-electron chi connectivity index (χ1n) is 6.35. The van der Waals surface area contributed by atoms with Crippen molar-refractivity contribution >= 4 is 33.1 Å². The predicted octanol–water partition coefficient (Wildman–Crippen LogP) is 4.07. The number of benzene rings is 1. The molecule has 0 aliphatic carbocycles. The highest BCUT2D eigenvalue weighted by molar-refractivity contribution is 7.18. The number of phenolic OH excluding ortho intramolecular Hbond substituents is 1. The summed E-state index contributed by atoms with van der Waals surface area (Å²) in [7, 11) is 0. The van der Waals surface area contributed by atoms with Crippen LogP contribution in [0.2, 0.25) is 0 Å². The van der Waals surface area contributed by atoms with Gasteiger partial charge in [0, 0.05) is 16.6 Å². The minimum absolute atomic E-state index is 0.232. The highest BCUT2D eigenvalue weighted by atomic mass is 32.1. The lowest BCUT2D eigenvalue weighted by atomic mass is 10.2. The lowest BCUT2D eigenvalue weighted by Gasteiger charge is -2.08. The topological polar surface area (TPSA) is 58.0 Å². The molecule has 3 rings (SSSR count). The summed E-state index contributed by atoms with van der Waals surface area (Å²) in [6, 6.07) is 7.02. The first-order chi connectivity index (χ1) is 9.54. The van der Waals surface area contributed by atoms with Gasteiger partial charge in [0.05, 0.1) is 5.39 Å². The van der Waals surface area contributed by atoms with Crippen LogP contribution in [0.4, 0.5) is 11.5 Å². The summed E-state index contributed by atoms with van der Waals surface area (Å²) in [5.41, 5.74) is 2.01.